The minimum absolute atomic E-state index is 0.479. The van der Waals surface area contributed by atoms with Crippen LogP contribution < -0.4 is 9.80 Å². The Morgan fingerprint density at radius 3 is 1.27 bits per heavy atom. The van der Waals surface area contributed by atoms with Gasteiger partial charge in [-0.15, -0.1) is 0 Å². The molecule has 0 atom stereocenters. The van der Waals surface area contributed by atoms with E-state index in [2.05, 4.69) is 277 Å². The summed E-state index contributed by atoms with van der Waals surface area (Å²) in [5.74, 6) is 0. The van der Waals surface area contributed by atoms with Crippen molar-refractivity contribution < 1.29 is 0 Å². The fourth-order valence-electron chi connectivity index (χ4n) is 13.3. The SMILES string of the molecule is c1ccc(-c2ccc(N(c3ccc4c(c3)C3(c5ccccc5-c5ccccc53)c3ccccc3-4)c3cccc4c3-c3ccccc3C43c4ccccc4N(c4ccccc4)c4ccccc43)cc2)cc1. The molecule has 2 heteroatoms. The summed E-state index contributed by atoms with van der Waals surface area (Å²) in [7, 11) is 0. The molecule has 0 fully saturated rings. The maximum Gasteiger partial charge on any atom is 0.0755 e. The number of hydrogen-bond acceptors (Lipinski definition) is 2. The molecule has 0 N–H and O–H groups in total. The Bertz CT molecular complexity index is 3790. The van der Waals surface area contributed by atoms with Gasteiger partial charge in [0.2, 0.25) is 0 Å². The maximum atomic E-state index is 2.55. The predicted octanol–water partition coefficient (Wildman–Crippen LogP) is 17.3. The highest BCUT2D eigenvalue weighted by Crippen LogP contribution is 2.67. The third-order valence-corrected chi connectivity index (χ3v) is 15.9. The van der Waals surface area contributed by atoms with Crippen LogP contribution in [0.15, 0.2) is 267 Å². The second-order valence-electron chi connectivity index (χ2n) is 19.1. The standard InChI is InChI=1S/C68H44N2/c1-3-20-45(21-4-1)46-38-40-48(41-39-46)69(49-42-43-53-52-26-9-13-30-57(52)67(62(53)44-49)55-28-11-7-24-50(55)51-25-8-12-29-56(51)67)65-37-19-34-61-66(65)54-27-10-14-31-58(54)68(61)59-32-15-17-35-63(59)70(47-22-5-2-6-23-47)64-36-18-16-33-60(64)68/h1-44H. The second-order valence-corrected chi connectivity index (χ2v) is 19.1. The number of anilines is 6. The van der Waals surface area contributed by atoms with E-state index < -0.39 is 10.8 Å². The molecule has 15 rings (SSSR count). The van der Waals surface area contributed by atoms with Crippen molar-refractivity contribution in [2.24, 2.45) is 0 Å². The molecule has 1 aliphatic heterocycles. The predicted molar refractivity (Wildman–Crippen MR) is 288 cm³/mol. The summed E-state index contributed by atoms with van der Waals surface area (Å²) in [5.41, 5.74) is 26.4. The number of rotatable bonds is 5. The zero-order valence-electron chi connectivity index (χ0n) is 38.3. The molecule has 0 bridgehead atoms. The average Bonchev–Trinajstić information content (AvgIpc) is 4.03. The largest absolute Gasteiger partial charge is 0.310 e. The summed E-state index contributed by atoms with van der Waals surface area (Å²) < 4.78 is 0. The smallest absolute Gasteiger partial charge is 0.0755 e. The Kier molecular flexibility index (Phi) is 8.24. The first-order valence-electron chi connectivity index (χ1n) is 24.4. The van der Waals surface area contributed by atoms with E-state index in [4.69, 9.17) is 0 Å². The fourth-order valence-corrected chi connectivity index (χ4v) is 13.3. The third kappa shape index (κ3) is 5.07. The van der Waals surface area contributed by atoms with E-state index in [0.29, 0.717) is 0 Å². The van der Waals surface area contributed by atoms with E-state index >= 15 is 0 Å². The lowest BCUT2D eigenvalue weighted by atomic mass is 9.64. The van der Waals surface area contributed by atoms with Crippen LogP contribution in [0.2, 0.25) is 0 Å². The topological polar surface area (TPSA) is 6.48 Å². The number of hydrogen-bond donors (Lipinski definition) is 0. The Morgan fingerprint density at radius 2 is 0.686 bits per heavy atom. The summed E-state index contributed by atoms with van der Waals surface area (Å²) in [6.07, 6.45) is 0. The van der Waals surface area contributed by atoms with Gasteiger partial charge in [0.1, 0.15) is 0 Å². The van der Waals surface area contributed by atoms with Crippen molar-refractivity contribution in [1.29, 1.82) is 0 Å². The lowest BCUT2D eigenvalue weighted by Gasteiger charge is -2.45. The van der Waals surface area contributed by atoms with Gasteiger partial charge in [0.25, 0.3) is 0 Å². The van der Waals surface area contributed by atoms with Crippen LogP contribution in [0.1, 0.15) is 44.5 Å². The summed E-state index contributed by atoms with van der Waals surface area (Å²) in [6, 6.07) is 99.8. The number of para-hydroxylation sites is 3. The van der Waals surface area contributed by atoms with Crippen LogP contribution in [0.5, 0.6) is 0 Å². The molecule has 11 aromatic carbocycles. The first-order chi connectivity index (χ1) is 34.8. The average molecular weight is 889 g/mol. The molecule has 11 aromatic rings. The quantitative estimate of drug-likeness (QED) is 0.170. The van der Waals surface area contributed by atoms with E-state index in [1.165, 1.54) is 100 Å². The van der Waals surface area contributed by atoms with Gasteiger partial charge in [-0.05, 0) is 138 Å². The van der Waals surface area contributed by atoms with E-state index in [0.717, 1.165) is 22.7 Å². The van der Waals surface area contributed by atoms with Gasteiger partial charge in [-0.1, -0.05) is 212 Å². The van der Waals surface area contributed by atoms with E-state index in [1.54, 1.807) is 0 Å². The van der Waals surface area contributed by atoms with E-state index in [9.17, 15) is 0 Å². The molecular weight excluding hydrogens is 845 g/mol. The summed E-state index contributed by atoms with van der Waals surface area (Å²) >= 11 is 0. The van der Waals surface area contributed by atoms with Gasteiger partial charge >= 0.3 is 0 Å². The maximum absolute atomic E-state index is 2.55. The van der Waals surface area contributed by atoms with E-state index in [-0.39, 0.29) is 0 Å². The van der Waals surface area contributed by atoms with Crippen LogP contribution in [-0.2, 0) is 10.8 Å². The summed E-state index contributed by atoms with van der Waals surface area (Å²) in [4.78, 5) is 5.00. The Balaban J connectivity index is 1.01. The lowest BCUT2D eigenvalue weighted by molar-refractivity contribution is 0.752. The minimum Gasteiger partial charge on any atom is -0.310 e. The van der Waals surface area contributed by atoms with E-state index in [1.807, 2.05) is 0 Å². The zero-order valence-corrected chi connectivity index (χ0v) is 38.3. The van der Waals surface area contributed by atoms with Crippen molar-refractivity contribution in [3.63, 3.8) is 0 Å². The van der Waals surface area contributed by atoms with Crippen molar-refractivity contribution in [2.75, 3.05) is 9.80 Å². The monoisotopic (exact) mass is 888 g/mol. The highest BCUT2D eigenvalue weighted by atomic mass is 15.2. The van der Waals surface area contributed by atoms with Gasteiger partial charge in [0, 0.05) is 22.6 Å². The fraction of sp³-hybridized carbons (Fsp3) is 0.0294. The molecule has 0 saturated heterocycles. The van der Waals surface area contributed by atoms with Gasteiger partial charge in [0.15, 0.2) is 0 Å². The molecule has 70 heavy (non-hydrogen) atoms. The molecule has 0 unspecified atom stereocenters. The number of benzene rings is 11. The highest BCUT2D eigenvalue weighted by molar-refractivity contribution is 6.02. The highest BCUT2D eigenvalue weighted by Gasteiger charge is 2.54. The van der Waals surface area contributed by atoms with Gasteiger partial charge in [-0.2, -0.15) is 0 Å². The minimum atomic E-state index is -0.593. The molecule has 1 heterocycles. The molecule has 3 aliphatic carbocycles. The first kappa shape index (κ1) is 39.1. The van der Waals surface area contributed by atoms with Crippen molar-refractivity contribution >= 4 is 34.1 Å². The molecule has 0 radical (unpaired) electrons. The molecule has 4 aliphatic rings. The van der Waals surface area contributed by atoms with Gasteiger partial charge in [-0.3, -0.25) is 0 Å². The van der Waals surface area contributed by atoms with Crippen LogP contribution in [0, 0.1) is 0 Å². The number of fused-ring (bicyclic) bond motifs is 19. The molecule has 326 valence electrons. The third-order valence-electron chi connectivity index (χ3n) is 15.9. The normalized spacial score (nSPS) is 14.2. The van der Waals surface area contributed by atoms with Gasteiger partial charge in [0.05, 0.1) is 27.9 Å². The zero-order chi connectivity index (χ0) is 46.0. The van der Waals surface area contributed by atoms with Crippen LogP contribution in [-0.4, -0.2) is 0 Å². The summed E-state index contributed by atoms with van der Waals surface area (Å²) in [6.45, 7) is 0. The molecule has 0 aromatic heterocycles. The summed E-state index contributed by atoms with van der Waals surface area (Å²) in [5, 5.41) is 0. The Hall–Kier alpha value is -8.98. The van der Waals surface area contributed by atoms with Crippen molar-refractivity contribution in [1.82, 2.24) is 0 Å². The van der Waals surface area contributed by atoms with Crippen molar-refractivity contribution in [3.05, 3.63) is 311 Å². The second kappa shape index (κ2) is 14.8. The molecule has 2 spiro atoms. The Labute approximate surface area is 408 Å². The van der Waals surface area contributed by atoms with Crippen molar-refractivity contribution in [2.45, 2.75) is 10.8 Å². The lowest BCUT2D eigenvalue weighted by Crippen LogP contribution is -2.36. The van der Waals surface area contributed by atoms with Gasteiger partial charge in [-0.25, -0.2) is 0 Å². The van der Waals surface area contributed by atoms with Crippen LogP contribution in [0.3, 0.4) is 0 Å². The van der Waals surface area contributed by atoms with Crippen LogP contribution in [0.4, 0.5) is 34.1 Å². The molecule has 2 nitrogen and oxygen atoms in total. The van der Waals surface area contributed by atoms with Crippen molar-refractivity contribution in [3.8, 4) is 44.5 Å². The molecule has 0 amide bonds. The Morgan fingerprint density at radius 1 is 0.271 bits per heavy atom. The molecular formula is C68H44N2. The van der Waals surface area contributed by atoms with Crippen LogP contribution >= 0.6 is 0 Å². The molecule has 0 saturated carbocycles. The van der Waals surface area contributed by atoms with Crippen LogP contribution in [0.25, 0.3) is 44.5 Å². The first-order valence-corrected chi connectivity index (χ1v) is 24.4. The van der Waals surface area contributed by atoms with Gasteiger partial charge < -0.3 is 9.80 Å². The number of nitrogens with zero attached hydrogens (tertiary/aromatic N) is 2.